The quantitative estimate of drug-likeness (QED) is 0.623. The van der Waals surface area contributed by atoms with Crippen LogP contribution in [-0.2, 0) is 4.74 Å². The first-order valence-corrected chi connectivity index (χ1v) is 3.90. The Morgan fingerprint density at radius 3 is 2.80 bits per heavy atom. The van der Waals surface area contributed by atoms with E-state index in [9.17, 15) is 0 Å². The first-order chi connectivity index (χ1) is 4.66. The summed E-state index contributed by atoms with van der Waals surface area (Å²) in [7, 11) is 1.76. The summed E-state index contributed by atoms with van der Waals surface area (Å²) in [4.78, 5) is 0. The third kappa shape index (κ3) is 1.70. The largest absolute Gasteiger partial charge is 0.383 e. The number of rotatable bonds is 2. The molecular weight excluding hydrogens is 126 g/mol. The fraction of sp³-hybridized carbons (Fsp3) is 1.00. The highest BCUT2D eigenvalue weighted by atomic mass is 16.5. The van der Waals surface area contributed by atoms with Crippen molar-refractivity contribution in [2.45, 2.75) is 25.8 Å². The third-order valence-electron chi connectivity index (χ3n) is 2.14. The standard InChI is InChI=1S/C8H17NO/c1-7-4-8(2,6-10-3)9-5-7/h7,9H,4-6H2,1-3H3. The van der Waals surface area contributed by atoms with E-state index in [1.807, 2.05) is 0 Å². The summed E-state index contributed by atoms with van der Waals surface area (Å²) >= 11 is 0. The summed E-state index contributed by atoms with van der Waals surface area (Å²) in [5.74, 6) is 0.806. The zero-order chi connectivity index (χ0) is 7.61. The van der Waals surface area contributed by atoms with Crippen molar-refractivity contribution in [2.24, 2.45) is 5.92 Å². The van der Waals surface area contributed by atoms with Gasteiger partial charge < -0.3 is 10.1 Å². The van der Waals surface area contributed by atoms with Gasteiger partial charge in [0.1, 0.15) is 0 Å². The lowest BCUT2D eigenvalue weighted by molar-refractivity contribution is 0.128. The highest BCUT2D eigenvalue weighted by Gasteiger charge is 2.31. The maximum absolute atomic E-state index is 5.11. The van der Waals surface area contributed by atoms with E-state index in [2.05, 4.69) is 19.2 Å². The van der Waals surface area contributed by atoms with Crippen molar-refractivity contribution in [3.05, 3.63) is 0 Å². The highest BCUT2D eigenvalue weighted by Crippen LogP contribution is 2.23. The van der Waals surface area contributed by atoms with E-state index in [-0.39, 0.29) is 5.54 Å². The van der Waals surface area contributed by atoms with Crippen molar-refractivity contribution in [1.29, 1.82) is 0 Å². The van der Waals surface area contributed by atoms with Crippen LogP contribution in [0.2, 0.25) is 0 Å². The van der Waals surface area contributed by atoms with Gasteiger partial charge in [0.2, 0.25) is 0 Å². The van der Waals surface area contributed by atoms with Crippen LogP contribution < -0.4 is 5.32 Å². The Balaban J connectivity index is 2.38. The second-order valence-electron chi connectivity index (χ2n) is 3.68. The van der Waals surface area contributed by atoms with Crippen molar-refractivity contribution in [3.63, 3.8) is 0 Å². The van der Waals surface area contributed by atoms with Gasteiger partial charge in [-0.2, -0.15) is 0 Å². The fourth-order valence-electron chi connectivity index (χ4n) is 1.76. The van der Waals surface area contributed by atoms with Gasteiger partial charge in [-0.05, 0) is 25.8 Å². The molecule has 2 atom stereocenters. The minimum Gasteiger partial charge on any atom is -0.383 e. The van der Waals surface area contributed by atoms with Gasteiger partial charge in [-0.15, -0.1) is 0 Å². The zero-order valence-electron chi connectivity index (χ0n) is 7.11. The second kappa shape index (κ2) is 2.89. The van der Waals surface area contributed by atoms with Gasteiger partial charge in [0.25, 0.3) is 0 Å². The summed E-state index contributed by atoms with van der Waals surface area (Å²) in [5, 5.41) is 3.46. The molecule has 0 radical (unpaired) electrons. The lowest BCUT2D eigenvalue weighted by Crippen LogP contribution is -2.40. The lowest BCUT2D eigenvalue weighted by atomic mass is 9.97. The molecule has 0 bridgehead atoms. The van der Waals surface area contributed by atoms with Gasteiger partial charge in [0, 0.05) is 12.6 Å². The SMILES string of the molecule is COCC1(C)CC(C)CN1. The molecule has 60 valence electrons. The molecule has 1 aliphatic heterocycles. The lowest BCUT2D eigenvalue weighted by Gasteiger charge is -2.22. The van der Waals surface area contributed by atoms with Crippen molar-refractivity contribution >= 4 is 0 Å². The monoisotopic (exact) mass is 143 g/mol. The van der Waals surface area contributed by atoms with Gasteiger partial charge >= 0.3 is 0 Å². The van der Waals surface area contributed by atoms with Crippen molar-refractivity contribution in [1.82, 2.24) is 5.32 Å². The van der Waals surface area contributed by atoms with E-state index in [1.54, 1.807) is 7.11 Å². The second-order valence-corrected chi connectivity index (χ2v) is 3.68. The number of hydrogen-bond donors (Lipinski definition) is 1. The van der Waals surface area contributed by atoms with E-state index >= 15 is 0 Å². The van der Waals surface area contributed by atoms with Crippen LogP contribution in [0.15, 0.2) is 0 Å². The van der Waals surface area contributed by atoms with Crippen LogP contribution in [0, 0.1) is 5.92 Å². The fourth-order valence-corrected chi connectivity index (χ4v) is 1.76. The molecule has 0 aromatic heterocycles. The summed E-state index contributed by atoms with van der Waals surface area (Å²) in [5.41, 5.74) is 0.244. The number of ether oxygens (including phenoxy) is 1. The van der Waals surface area contributed by atoms with Crippen LogP contribution in [0.4, 0.5) is 0 Å². The van der Waals surface area contributed by atoms with Gasteiger partial charge in [0.15, 0.2) is 0 Å². The number of nitrogens with one attached hydrogen (secondary N) is 1. The predicted molar refractivity (Wildman–Crippen MR) is 42.1 cm³/mol. The molecule has 0 saturated carbocycles. The summed E-state index contributed by atoms with van der Waals surface area (Å²) in [6, 6.07) is 0. The number of methoxy groups -OCH3 is 1. The maximum atomic E-state index is 5.11. The van der Waals surface area contributed by atoms with E-state index in [0.29, 0.717) is 0 Å². The van der Waals surface area contributed by atoms with E-state index in [0.717, 1.165) is 19.1 Å². The Morgan fingerprint density at radius 2 is 2.40 bits per heavy atom. The smallest absolute Gasteiger partial charge is 0.0641 e. The molecule has 0 spiro atoms. The van der Waals surface area contributed by atoms with Crippen LogP contribution in [0.5, 0.6) is 0 Å². The molecule has 0 aliphatic carbocycles. The minimum atomic E-state index is 0.244. The molecule has 1 heterocycles. The molecule has 0 aromatic carbocycles. The van der Waals surface area contributed by atoms with Crippen LogP contribution in [-0.4, -0.2) is 25.8 Å². The molecule has 10 heavy (non-hydrogen) atoms. The van der Waals surface area contributed by atoms with Crippen LogP contribution in [0.1, 0.15) is 20.3 Å². The van der Waals surface area contributed by atoms with E-state index in [1.165, 1.54) is 6.42 Å². The molecule has 2 nitrogen and oxygen atoms in total. The van der Waals surface area contributed by atoms with Gasteiger partial charge in [0.05, 0.1) is 6.61 Å². The van der Waals surface area contributed by atoms with Crippen molar-refractivity contribution in [3.8, 4) is 0 Å². The molecule has 2 unspecified atom stereocenters. The average Bonchev–Trinajstić information content (AvgIpc) is 2.12. The molecular formula is C8H17NO. The van der Waals surface area contributed by atoms with Crippen LogP contribution in [0.3, 0.4) is 0 Å². The Hall–Kier alpha value is -0.0800. The summed E-state index contributed by atoms with van der Waals surface area (Å²) in [6.45, 7) is 6.46. The zero-order valence-corrected chi connectivity index (χ0v) is 7.11. The van der Waals surface area contributed by atoms with Crippen molar-refractivity contribution in [2.75, 3.05) is 20.3 Å². The molecule has 0 amide bonds. The average molecular weight is 143 g/mol. The Bertz CT molecular complexity index is 112. The van der Waals surface area contributed by atoms with E-state index in [4.69, 9.17) is 4.74 Å². The summed E-state index contributed by atoms with van der Waals surface area (Å²) < 4.78 is 5.11. The van der Waals surface area contributed by atoms with Gasteiger partial charge in [-0.1, -0.05) is 6.92 Å². The molecule has 1 aliphatic rings. The predicted octanol–water partition coefficient (Wildman–Crippen LogP) is 1.02. The Morgan fingerprint density at radius 1 is 1.70 bits per heavy atom. The van der Waals surface area contributed by atoms with Gasteiger partial charge in [-0.25, -0.2) is 0 Å². The van der Waals surface area contributed by atoms with E-state index < -0.39 is 0 Å². The van der Waals surface area contributed by atoms with Gasteiger partial charge in [-0.3, -0.25) is 0 Å². The molecule has 1 N–H and O–H groups in total. The summed E-state index contributed by atoms with van der Waals surface area (Å²) in [6.07, 6.45) is 1.24. The molecule has 2 heteroatoms. The Labute approximate surface area is 63.0 Å². The normalized spacial score (nSPS) is 40.5. The Kier molecular flexibility index (Phi) is 2.32. The van der Waals surface area contributed by atoms with Crippen molar-refractivity contribution < 1.29 is 4.74 Å². The highest BCUT2D eigenvalue weighted by molar-refractivity contribution is 4.91. The minimum absolute atomic E-state index is 0.244. The third-order valence-corrected chi connectivity index (χ3v) is 2.14. The van der Waals surface area contributed by atoms with Crippen LogP contribution in [0.25, 0.3) is 0 Å². The van der Waals surface area contributed by atoms with Crippen LogP contribution >= 0.6 is 0 Å². The number of hydrogen-bond acceptors (Lipinski definition) is 2. The molecule has 1 rings (SSSR count). The first-order valence-electron chi connectivity index (χ1n) is 3.90. The molecule has 1 saturated heterocycles. The topological polar surface area (TPSA) is 21.3 Å². The molecule has 1 fully saturated rings. The first kappa shape index (κ1) is 8.02. The molecule has 0 aromatic rings. The maximum Gasteiger partial charge on any atom is 0.0641 e.